The number of benzene rings is 1. The van der Waals surface area contributed by atoms with Crippen molar-refractivity contribution in [2.45, 2.75) is 52.2 Å². The van der Waals surface area contributed by atoms with Gasteiger partial charge in [0.25, 0.3) is 5.88 Å². The number of fused-ring (bicyclic) bond motifs is 1. The van der Waals surface area contributed by atoms with Crippen molar-refractivity contribution in [2.24, 2.45) is 0 Å². The van der Waals surface area contributed by atoms with Crippen molar-refractivity contribution >= 4 is 22.9 Å². The van der Waals surface area contributed by atoms with Gasteiger partial charge in [0.1, 0.15) is 5.60 Å². The van der Waals surface area contributed by atoms with E-state index in [-0.39, 0.29) is 6.04 Å². The summed E-state index contributed by atoms with van der Waals surface area (Å²) in [6.45, 7) is 9.37. The number of carbonyl (C=O) groups is 1. The molecule has 27 heavy (non-hydrogen) atoms. The maximum atomic E-state index is 12.0. The largest absolute Gasteiger partial charge is 0.475 e. The quantitative estimate of drug-likeness (QED) is 0.865. The van der Waals surface area contributed by atoms with Crippen LogP contribution in [-0.2, 0) is 4.74 Å². The second-order valence-corrected chi connectivity index (χ2v) is 7.65. The van der Waals surface area contributed by atoms with Crippen LogP contribution in [0.3, 0.4) is 0 Å². The molecule has 1 atom stereocenters. The van der Waals surface area contributed by atoms with Crippen molar-refractivity contribution in [3.05, 3.63) is 24.3 Å². The van der Waals surface area contributed by atoms with Crippen molar-refractivity contribution in [1.29, 1.82) is 0 Å². The molecule has 1 aromatic heterocycles. The van der Waals surface area contributed by atoms with Gasteiger partial charge in [-0.05, 0) is 52.7 Å². The van der Waals surface area contributed by atoms with Crippen LogP contribution in [0.1, 0.15) is 40.5 Å². The highest BCUT2D eigenvalue weighted by Gasteiger charge is 2.30. The van der Waals surface area contributed by atoms with Crippen molar-refractivity contribution in [2.75, 3.05) is 24.6 Å². The Balaban J connectivity index is 1.79. The molecular formula is C20H28N4O3. The Morgan fingerprint density at radius 3 is 2.63 bits per heavy atom. The van der Waals surface area contributed by atoms with Gasteiger partial charge in [-0.2, -0.15) is 0 Å². The Morgan fingerprint density at radius 1 is 1.26 bits per heavy atom. The van der Waals surface area contributed by atoms with E-state index in [1.54, 1.807) is 0 Å². The zero-order valence-electron chi connectivity index (χ0n) is 16.5. The summed E-state index contributed by atoms with van der Waals surface area (Å²) in [5.74, 6) is 1.28. The number of nitrogens with zero attached hydrogens (tertiary/aromatic N) is 3. The Bertz CT molecular complexity index is 803. The lowest BCUT2D eigenvalue weighted by atomic mass is 10.2. The molecule has 0 unspecified atom stereocenters. The molecule has 1 N–H and O–H groups in total. The number of rotatable bonds is 5. The Labute approximate surface area is 160 Å². The van der Waals surface area contributed by atoms with Crippen LogP contribution in [0.4, 0.5) is 10.6 Å². The van der Waals surface area contributed by atoms with Gasteiger partial charge in [-0.25, -0.2) is 14.8 Å². The molecule has 1 fully saturated rings. The van der Waals surface area contributed by atoms with E-state index >= 15 is 0 Å². The van der Waals surface area contributed by atoms with Crippen LogP contribution < -0.4 is 15.0 Å². The van der Waals surface area contributed by atoms with Gasteiger partial charge in [0, 0.05) is 19.1 Å². The fourth-order valence-corrected chi connectivity index (χ4v) is 3.24. The molecule has 1 aromatic carbocycles. The fraction of sp³-hybridized carbons (Fsp3) is 0.550. The Hall–Kier alpha value is -2.57. The predicted molar refractivity (Wildman–Crippen MR) is 105 cm³/mol. The smallest absolute Gasteiger partial charge is 0.407 e. The predicted octanol–water partition coefficient (Wildman–Crippen LogP) is 3.52. The number of aromatic nitrogens is 2. The van der Waals surface area contributed by atoms with Gasteiger partial charge >= 0.3 is 6.09 Å². The number of hydrogen-bond donors (Lipinski definition) is 1. The summed E-state index contributed by atoms with van der Waals surface area (Å²) in [6.07, 6.45) is 1.60. The van der Waals surface area contributed by atoms with Crippen LogP contribution in [0, 0.1) is 0 Å². The minimum absolute atomic E-state index is 0.132. The molecule has 2 aromatic rings. The molecule has 1 amide bonds. The SMILES string of the molecule is CCOc1nc2ccccc2nc1N1CCC[C@H]1CNC(=O)OC(C)(C)C. The van der Waals surface area contributed by atoms with Crippen molar-refractivity contribution in [3.63, 3.8) is 0 Å². The van der Waals surface area contributed by atoms with Gasteiger partial charge < -0.3 is 19.7 Å². The molecule has 3 rings (SSSR count). The van der Waals surface area contributed by atoms with Crippen molar-refractivity contribution in [3.8, 4) is 5.88 Å². The van der Waals surface area contributed by atoms with Crippen LogP contribution in [0.5, 0.6) is 5.88 Å². The molecule has 0 spiro atoms. The first-order chi connectivity index (χ1) is 12.9. The van der Waals surface area contributed by atoms with Crippen LogP contribution in [-0.4, -0.2) is 47.4 Å². The zero-order valence-corrected chi connectivity index (χ0v) is 16.5. The number of para-hydroxylation sites is 2. The Morgan fingerprint density at radius 2 is 1.96 bits per heavy atom. The lowest BCUT2D eigenvalue weighted by Crippen LogP contribution is -2.42. The number of anilines is 1. The van der Waals surface area contributed by atoms with E-state index in [9.17, 15) is 4.79 Å². The number of ether oxygens (including phenoxy) is 2. The highest BCUT2D eigenvalue weighted by molar-refractivity contribution is 5.77. The monoisotopic (exact) mass is 372 g/mol. The third-order valence-corrected chi connectivity index (χ3v) is 4.33. The summed E-state index contributed by atoms with van der Waals surface area (Å²) >= 11 is 0. The lowest BCUT2D eigenvalue weighted by Gasteiger charge is -2.28. The van der Waals surface area contributed by atoms with E-state index in [1.807, 2.05) is 52.0 Å². The topological polar surface area (TPSA) is 76.6 Å². The lowest BCUT2D eigenvalue weighted by molar-refractivity contribution is 0.0525. The Kier molecular flexibility index (Phi) is 5.68. The normalized spacial score (nSPS) is 17.2. The van der Waals surface area contributed by atoms with Gasteiger partial charge in [-0.3, -0.25) is 0 Å². The summed E-state index contributed by atoms with van der Waals surface area (Å²) in [5.41, 5.74) is 1.14. The fourth-order valence-electron chi connectivity index (χ4n) is 3.24. The maximum Gasteiger partial charge on any atom is 0.407 e. The number of hydrogen-bond acceptors (Lipinski definition) is 6. The van der Waals surface area contributed by atoms with E-state index in [2.05, 4.69) is 15.2 Å². The summed E-state index contributed by atoms with van der Waals surface area (Å²) in [4.78, 5) is 23.6. The number of alkyl carbamates (subject to hydrolysis) is 1. The van der Waals surface area contributed by atoms with Gasteiger partial charge in [0.05, 0.1) is 17.6 Å². The van der Waals surface area contributed by atoms with E-state index in [0.29, 0.717) is 19.0 Å². The highest BCUT2D eigenvalue weighted by atomic mass is 16.6. The minimum Gasteiger partial charge on any atom is -0.475 e. The first kappa shape index (κ1) is 19.2. The van der Waals surface area contributed by atoms with E-state index in [4.69, 9.17) is 14.5 Å². The summed E-state index contributed by atoms with van der Waals surface area (Å²) in [5, 5.41) is 2.88. The van der Waals surface area contributed by atoms with Crippen LogP contribution >= 0.6 is 0 Å². The first-order valence-electron chi connectivity index (χ1n) is 9.50. The van der Waals surface area contributed by atoms with Gasteiger partial charge in [0.2, 0.25) is 0 Å². The van der Waals surface area contributed by atoms with E-state index in [1.165, 1.54) is 0 Å². The molecular weight excluding hydrogens is 344 g/mol. The molecule has 0 saturated carbocycles. The second-order valence-electron chi connectivity index (χ2n) is 7.65. The first-order valence-corrected chi connectivity index (χ1v) is 9.50. The molecule has 2 heterocycles. The van der Waals surface area contributed by atoms with Crippen molar-refractivity contribution in [1.82, 2.24) is 15.3 Å². The second kappa shape index (κ2) is 7.98. The molecule has 0 bridgehead atoms. The van der Waals surface area contributed by atoms with Crippen LogP contribution in [0.25, 0.3) is 11.0 Å². The van der Waals surface area contributed by atoms with Crippen LogP contribution in [0.15, 0.2) is 24.3 Å². The van der Waals surface area contributed by atoms with Gasteiger partial charge in [-0.15, -0.1) is 0 Å². The van der Waals surface area contributed by atoms with Gasteiger partial charge in [0.15, 0.2) is 5.82 Å². The van der Waals surface area contributed by atoms with E-state index in [0.717, 1.165) is 36.2 Å². The average Bonchev–Trinajstić information content (AvgIpc) is 3.06. The summed E-state index contributed by atoms with van der Waals surface area (Å²) in [6, 6.07) is 7.90. The zero-order chi connectivity index (χ0) is 19.4. The summed E-state index contributed by atoms with van der Waals surface area (Å²) in [7, 11) is 0. The summed E-state index contributed by atoms with van der Waals surface area (Å²) < 4.78 is 11.1. The molecule has 1 aliphatic rings. The van der Waals surface area contributed by atoms with E-state index < -0.39 is 11.7 Å². The number of amides is 1. The number of carbonyl (C=O) groups excluding carboxylic acids is 1. The maximum absolute atomic E-state index is 12.0. The average molecular weight is 372 g/mol. The number of nitrogens with one attached hydrogen (secondary N) is 1. The standard InChI is InChI=1S/C20H28N4O3/c1-5-26-18-17(22-15-10-6-7-11-16(15)23-18)24-12-8-9-14(24)13-21-19(25)27-20(2,3)4/h6-7,10-11,14H,5,8-9,12-13H2,1-4H3,(H,21,25)/t14-/m0/s1. The third kappa shape index (κ3) is 4.78. The van der Waals surface area contributed by atoms with Gasteiger partial charge in [-0.1, -0.05) is 12.1 Å². The molecule has 146 valence electrons. The van der Waals surface area contributed by atoms with Crippen molar-refractivity contribution < 1.29 is 14.3 Å². The minimum atomic E-state index is -0.509. The molecule has 7 heteroatoms. The highest BCUT2D eigenvalue weighted by Crippen LogP contribution is 2.32. The molecule has 0 radical (unpaired) electrons. The molecule has 1 saturated heterocycles. The molecule has 1 aliphatic heterocycles. The molecule has 7 nitrogen and oxygen atoms in total. The molecule has 0 aliphatic carbocycles. The third-order valence-electron chi connectivity index (χ3n) is 4.33. The van der Waals surface area contributed by atoms with Crippen LogP contribution in [0.2, 0.25) is 0 Å².